The summed E-state index contributed by atoms with van der Waals surface area (Å²) >= 11 is 0. The lowest BCUT2D eigenvalue weighted by Crippen LogP contribution is -1.97. The molecule has 0 bridgehead atoms. The Labute approximate surface area is 145 Å². The summed E-state index contributed by atoms with van der Waals surface area (Å²) in [5, 5.41) is 5.05. The predicted molar refractivity (Wildman–Crippen MR) is 93.9 cm³/mol. The summed E-state index contributed by atoms with van der Waals surface area (Å²) < 4.78 is 26.8. The third-order valence-electron chi connectivity index (χ3n) is 3.81. The first-order valence-corrected chi connectivity index (χ1v) is 9.09. The van der Waals surface area contributed by atoms with Crippen molar-refractivity contribution in [1.82, 2.24) is 19.6 Å². The Morgan fingerprint density at radius 1 is 1.08 bits per heavy atom. The van der Waals surface area contributed by atoms with Crippen LogP contribution in [0.4, 0.5) is 4.39 Å². The Hall–Kier alpha value is -2.93. The van der Waals surface area contributed by atoms with E-state index in [1.54, 1.807) is 35.2 Å². The van der Waals surface area contributed by atoms with E-state index in [1.807, 2.05) is 24.4 Å². The zero-order valence-corrected chi connectivity index (χ0v) is 14.1. The molecule has 4 aromatic rings. The van der Waals surface area contributed by atoms with Crippen LogP contribution in [-0.2, 0) is 10.8 Å². The molecular weight excluding hydrogens is 339 g/mol. The predicted octanol–water partition coefficient (Wildman–Crippen LogP) is 3.33. The van der Waals surface area contributed by atoms with Gasteiger partial charge in [0.1, 0.15) is 16.5 Å². The van der Waals surface area contributed by atoms with Crippen LogP contribution in [0.1, 0.15) is 0 Å². The largest absolute Gasteiger partial charge is 0.253 e. The molecule has 0 aliphatic carbocycles. The number of aromatic nitrogens is 4. The number of fused-ring (bicyclic) bond motifs is 1. The fourth-order valence-corrected chi connectivity index (χ4v) is 3.12. The molecule has 0 N–H and O–H groups in total. The highest BCUT2D eigenvalue weighted by molar-refractivity contribution is 7.84. The summed E-state index contributed by atoms with van der Waals surface area (Å²) in [6, 6.07) is 13.4. The van der Waals surface area contributed by atoms with Crippen LogP contribution in [0.15, 0.2) is 66.0 Å². The molecular formula is C18H13FN4OS. The summed E-state index contributed by atoms with van der Waals surface area (Å²) in [5.41, 5.74) is 2.94. The third kappa shape index (κ3) is 2.83. The summed E-state index contributed by atoms with van der Waals surface area (Å²) in [6.07, 6.45) is 4.98. The van der Waals surface area contributed by atoms with Gasteiger partial charge in [-0.3, -0.25) is 4.21 Å². The first-order chi connectivity index (χ1) is 12.1. The number of pyridine rings is 1. The van der Waals surface area contributed by atoms with Gasteiger partial charge >= 0.3 is 0 Å². The Morgan fingerprint density at radius 3 is 2.64 bits per heavy atom. The van der Waals surface area contributed by atoms with Gasteiger partial charge in [0.2, 0.25) is 0 Å². The number of hydrogen-bond acceptors (Lipinski definition) is 4. The Kier molecular flexibility index (Phi) is 3.85. The molecule has 124 valence electrons. The van der Waals surface area contributed by atoms with E-state index in [0.717, 1.165) is 16.6 Å². The van der Waals surface area contributed by atoms with Crippen molar-refractivity contribution in [2.75, 3.05) is 6.26 Å². The van der Waals surface area contributed by atoms with Crippen LogP contribution in [0, 0.1) is 5.82 Å². The first kappa shape index (κ1) is 15.6. The van der Waals surface area contributed by atoms with Gasteiger partial charge in [-0.05, 0) is 42.5 Å². The van der Waals surface area contributed by atoms with Crippen LogP contribution < -0.4 is 0 Å². The summed E-state index contributed by atoms with van der Waals surface area (Å²) in [4.78, 5) is 8.78. The van der Waals surface area contributed by atoms with Crippen molar-refractivity contribution in [2.24, 2.45) is 0 Å². The van der Waals surface area contributed by atoms with E-state index >= 15 is 0 Å². The lowest BCUT2D eigenvalue weighted by atomic mass is 10.1. The van der Waals surface area contributed by atoms with E-state index in [0.29, 0.717) is 16.5 Å². The average molecular weight is 352 g/mol. The molecule has 1 atom stereocenters. The van der Waals surface area contributed by atoms with Gasteiger partial charge in [0.15, 0.2) is 5.82 Å². The molecule has 0 fully saturated rings. The van der Waals surface area contributed by atoms with Crippen LogP contribution in [0.3, 0.4) is 0 Å². The molecule has 25 heavy (non-hydrogen) atoms. The smallest absolute Gasteiger partial charge is 0.164 e. The van der Waals surface area contributed by atoms with Crippen molar-refractivity contribution in [3.8, 4) is 22.6 Å². The van der Waals surface area contributed by atoms with Crippen molar-refractivity contribution in [1.29, 1.82) is 0 Å². The van der Waals surface area contributed by atoms with Gasteiger partial charge < -0.3 is 0 Å². The van der Waals surface area contributed by atoms with Crippen LogP contribution in [0.25, 0.3) is 28.2 Å². The maximum absolute atomic E-state index is 13.3. The number of halogens is 1. The van der Waals surface area contributed by atoms with Crippen LogP contribution >= 0.6 is 0 Å². The molecule has 0 aliphatic heterocycles. The molecule has 1 unspecified atom stereocenters. The van der Waals surface area contributed by atoms with Gasteiger partial charge in [0.25, 0.3) is 0 Å². The quantitative estimate of drug-likeness (QED) is 0.531. The molecule has 0 aliphatic rings. The lowest BCUT2D eigenvalue weighted by Gasteiger charge is -2.04. The molecule has 1 aromatic carbocycles. The summed E-state index contributed by atoms with van der Waals surface area (Å²) in [5.74, 6) is 0.127. The van der Waals surface area contributed by atoms with E-state index in [2.05, 4.69) is 15.1 Å². The number of hydrogen-bond donors (Lipinski definition) is 0. The highest BCUT2D eigenvalue weighted by atomic mass is 32.2. The van der Waals surface area contributed by atoms with Gasteiger partial charge in [0, 0.05) is 24.2 Å². The van der Waals surface area contributed by atoms with Crippen molar-refractivity contribution >= 4 is 16.3 Å². The lowest BCUT2D eigenvalue weighted by molar-refractivity contribution is 0.628. The van der Waals surface area contributed by atoms with E-state index in [9.17, 15) is 8.60 Å². The second kappa shape index (κ2) is 6.18. The summed E-state index contributed by atoms with van der Waals surface area (Å²) in [6.45, 7) is 0. The highest BCUT2D eigenvalue weighted by Gasteiger charge is 2.19. The van der Waals surface area contributed by atoms with E-state index < -0.39 is 10.8 Å². The number of rotatable bonds is 3. The Morgan fingerprint density at radius 2 is 1.88 bits per heavy atom. The van der Waals surface area contributed by atoms with Crippen molar-refractivity contribution in [3.05, 3.63) is 66.7 Å². The molecule has 0 saturated heterocycles. The second-order valence-electron chi connectivity index (χ2n) is 5.43. The molecule has 5 nitrogen and oxygen atoms in total. The van der Waals surface area contributed by atoms with Gasteiger partial charge in [-0.15, -0.1) is 0 Å². The van der Waals surface area contributed by atoms with Crippen molar-refractivity contribution in [3.63, 3.8) is 0 Å². The van der Waals surface area contributed by atoms with Gasteiger partial charge in [0.05, 0.1) is 21.9 Å². The zero-order chi connectivity index (χ0) is 17.4. The molecule has 3 heterocycles. The minimum Gasteiger partial charge on any atom is -0.253 e. The van der Waals surface area contributed by atoms with Crippen LogP contribution in [0.5, 0.6) is 0 Å². The third-order valence-corrected chi connectivity index (χ3v) is 4.62. The highest BCUT2D eigenvalue weighted by Crippen LogP contribution is 2.33. The van der Waals surface area contributed by atoms with Crippen LogP contribution in [-0.4, -0.2) is 30.0 Å². The van der Waals surface area contributed by atoms with E-state index in [1.165, 1.54) is 12.1 Å². The Bertz CT molecular complexity index is 1090. The molecule has 0 saturated carbocycles. The minimum atomic E-state index is -1.22. The molecule has 7 heteroatoms. The normalized spacial score (nSPS) is 12.4. The molecule has 0 amide bonds. The minimum absolute atomic E-state index is 0.311. The summed E-state index contributed by atoms with van der Waals surface area (Å²) in [7, 11) is -1.22. The number of benzene rings is 1. The standard InChI is InChI=1S/C18H13FN4OS/c1-25(24)15-9-10-20-18(21-15)16-14-4-2-3-11-23(14)22-17(16)12-5-7-13(19)8-6-12/h2-11H,1H3. The van der Waals surface area contributed by atoms with E-state index in [-0.39, 0.29) is 5.82 Å². The van der Waals surface area contributed by atoms with Crippen molar-refractivity contribution in [2.45, 2.75) is 5.03 Å². The van der Waals surface area contributed by atoms with Crippen LogP contribution in [0.2, 0.25) is 0 Å². The maximum Gasteiger partial charge on any atom is 0.164 e. The fraction of sp³-hybridized carbons (Fsp3) is 0.0556. The maximum atomic E-state index is 13.3. The second-order valence-corrected chi connectivity index (χ2v) is 6.76. The molecule has 0 spiro atoms. The topological polar surface area (TPSA) is 60.2 Å². The zero-order valence-electron chi connectivity index (χ0n) is 13.3. The fourth-order valence-electron chi connectivity index (χ4n) is 2.65. The molecule has 4 rings (SSSR count). The van der Waals surface area contributed by atoms with Gasteiger partial charge in [-0.25, -0.2) is 18.9 Å². The number of nitrogens with zero attached hydrogens (tertiary/aromatic N) is 4. The van der Waals surface area contributed by atoms with Gasteiger partial charge in [-0.1, -0.05) is 6.07 Å². The van der Waals surface area contributed by atoms with Crippen molar-refractivity contribution < 1.29 is 8.60 Å². The Balaban J connectivity index is 2.01. The average Bonchev–Trinajstić information content (AvgIpc) is 3.02. The molecule has 0 radical (unpaired) electrons. The molecule has 3 aromatic heterocycles. The SMILES string of the molecule is CS(=O)c1ccnc(-c2c(-c3ccc(F)cc3)nn3ccccc23)n1. The monoisotopic (exact) mass is 352 g/mol. The van der Waals surface area contributed by atoms with Gasteiger partial charge in [-0.2, -0.15) is 5.10 Å². The van der Waals surface area contributed by atoms with E-state index in [4.69, 9.17) is 0 Å². The first-order valence-electron chi connectivity index (χ1n) is 7.53.